The summed E-state index contributed by atoms with van der Waals surface area (Å²) in [7, 11) is -3.53. The lowest BCUT2D eigenvalue weighted by Gasteiger charge is -2.25. The highest BCUT2D eigenvalue weighted by atomic mass is 32.2. The molecular weight excluding hydrogens is 183 g/mol. The van der Waals surface area contributed by atoms with Crippen LogP contribution in [0.5, 0.6) is 0 Å². The highest BCUT2D eigenvalue weighted by molar-refractivity contribution is 7.87. The van der Waals surface area contributed by atoms with Crippen molar-refractivity contribution in [3.05, 3.63) is 0 Å². The molecule has 6 heteroatoms. The fourth-order valence-electron chi connectivity index (χ4n) is 1.27. The summed E-state index contributed by atoms with van der Waals surface area (Å²) < 4.78 is 37.2. The van der Waals surface area contributed by atoms with E-state index in [1.54, 1.807) is 0 Å². The zero-order chi connectivity index (χ0) is 9.03. The number of rotatable bonds is 3. The van der Waals surface area contributed by atoms with Crippen molar-refractivity contribution >= 4 is 10.2 Å². The number of halogens is 1. The summed E-state index contributed by atoms with van der Waals surface area (Å²) >= 11 is 0. The van der Waals surface area contributed by atoms with Gasteiger partial charge in [0.15, 0.2) is 6.80 Å². The molecule has 1 heterocycles. The lowest BCUT2D eigenvalue weighted by atomic mass is 10.2. The van der Waals surface area contributed by atoms with Gasteiger partial charge in [-0.2, -0.15) is 17.4 Å². The van der Waals surface area contributed by atoms with Gasteiger partial charge in [0.25, 0.3) is 10.2 Å². The van der Waals surface area contributed by atoms with Gasteiger partial charge in [-0.3, -0.25) is 0 Å². The van der Waals surface area contributed by atoms with E-state index in [4.69, 9.17) is 0 Å². The van der Waals surface area contributed by atoms with Crippen LogP contribution in [-0.4, -0.2) is 32.6 Å². The molecule has 1 fully saturated rings. The minimum Gasteiger partial charge on any atom is -0.233 e. The second-order valence-electron chi connectivity index (χ2n) is 2.74. The summed E-state index contributed by atoms with van der Waals surface area (Å²) in [6, 6.07) is 0. The van der Waals surface area contributed by atoms with Crippen molar-refractivity contribution in [1.29, 1.82) is 0 Å². The molecule has 4 nitrogen and oxygen atoms in total. The van der Waals surface area contributed by atoms with E-state index in [9.17, 15) is 12.8 Å². The Morgan fingerprint density at radius 3 is 2.33 bits per heavy atom. The molecule has 0 amide bonds. The molecule has 0 spiro atoms. The van der Waals surface area contributed by atoms with Crippen LogP contribution in [0.3, 0.4) is 0 Å². The number of hydrogen-bond donors (Lipinski definition) is 1. The fourth-order valence-corrected chi connectivity index (χ4v) is 2.32. The van der Waals surface area contributed by atoms with Gasteiger partial charge >= 0.3 is 0 Å². The van der Waals surface area contributed by atoms with Crippen molar-refractivity contribution in [1.82, 2.24) is 9.03 Å². The number of alkyl halides is 1. The Kier molecular flexibility index (Phi) is 3.42. The van der Waals surface area contributed by atoms with Gasteiger partial charge in [0, 0.05) is 13.1 Å². The van der Waals surface area contributed by atoms with Crippen LogP contribution in [0.4, 0.5) is 4.39 Å². The molecule has 0 unspecified atom stereocenters. The normalized spacial score (nSPS) is 21.1. The number of nitrogens with zero attached hydrogens (tertiary/aromatic N) is 1. The largest absolute Gasteiger partial charge is 0.281 e. The van der Waals surface area contributed by atoms with E-state index in [2.05, 4.69) is 0 Å². The summed E-state index contributed by atoms with van der Waals surface area (Å²) in [5, 5.41) is 0. The Bertz CT molecular complexity index is 224. The predicted octanol–water partition coefficient (Wildman–Crippen LogP) is 0.234. The first-order valence-electron chi connectivity index (χ1n) is 3.97. The quantitative estimate of drug-likeness (QED) is 0.657. The SMILES string of the molecule is O=S(=O)(NCF)N1CCCCC1. The van der Waals surface area contributed by atoms with Gasteiger partial charge < -0.3 is 0 Å². The van der Waals surface area contributed by atoms with E-state index in [0.717, 1.165) is 19.3 Å². The molecule has 1 aliphatic heterocycles. The van der Waals surface area contributed by atoms with E-state index < -0.39 is 17.0 Å². The third kappa shape index (κ3) is 2.40. The lowest BCUT2D eigenvalue weighted by Crippen LogP contribution is -2.43. The molecule has 0 saturated carbocycles. The fraction of sp³-hybridized carbons (Fsp3) is 1.00. The highest BCUT2D eigenvalue weighted by Crippen LogP contribution is 2.11. The Balaban J connectivity index is 2.54. The Morgan fingerprint density at radius 2 is 1.83 bits per heavy atom. The van der Waals surface area contributed by atoms with E-state index >= 15 is 0 Å². The monoisotopic (exact) mass is 196 g/mol. The zero-order valence-electron chi connectivity index (χ0n) is 6.79. The third-order valence-corrected chi connectivity index (χ3v) is 3.41. The van der Waals surface area contributed by atoms with Crippen molar-refractivity contribution in [2.75, 3.05) is 19.9 Å². The van der Waals surface area contributed by atoms with E-state index in [0.29, 0.717) is 13.1 Å². The molecule has 0 aliphatic carbocycles. The topological polar surface area (TPSA) is 49.4 Å². The van der Waals surface area contributed by atoms with Crippen LogP contribution in [0.25, 0.3) is 0 Å². The summed E-state index contributed by atoms with van der Waals surface area (Å²) in [5.41, 5.74) is 0. The molecule has 1 aliphatic rings. The van der Waals surface area contributed by atoms with Crippen LogP contribution in [0.1, 0.15) is 19.3 Å². The second-order valence-corrected chi connectivity index (χ2v) is 4.50. The standard InChI is InChI=1S/C6H13FN2O2S/c7-6-8-12(10,11)9-4-2-1-3-5-9/h8H,1-6H2. The van der Waals surface area contributed by atoms with Gasteiger partial charge in [0.05, 0.1) is 0 Å². The van der Waals surface area contributed by atoms with E-state index in [1.165, 1.54) is 4.31 Å². The smallest absolute Gasteiger partial charge is 0.233 e. The number of piperidine rings is 1. The second kappa shape index (κ2) is 4.15. The first-order valence-corrected chi connectivity index (χ1v) is 5.41. The van der Waals surface area contributed by atoms with Crippen LogP contribution in [0, 0.1) is 0 Å². The van der Waals surface area contributed by atoms with Crippen molar-refractivity contribution in [3.63, 3.8) is 0 Å². The van der Waals surface area contributed by atoms with E-state index in [1.807, 2.05) is 4.72 Å². The maximum absolute atomic E-state index is 11.7. The van der Waals surface area contributed by atoms with E-state index in [-0.39, 0.29) is 0 Å². The Labute approximate surface area is 71.9 Å². The van der Waals surface area contributed by atoms with Gasteiger partial charge in [-0.25, -0.2) is 4.39 Å². The molecule has 1 rings (SSSR count). The number of hydrogen-bond acceptors (Lipinski definition) is 2. The minimum atomic E-state index is -3.53. The van der Waals surface area contributed by atoms with Crippen LogP contribution in [0.15, 0.2) is 0 Å². The maximum Gasteiger partial charge on any atom is 0.281 e. The molecule has 0 aromatic carbocycles. The highest BCUT2D eigenvalue weighted by Gasteiger charge is 2.22. The number of nitrogens with one attached hydrogen (secondary N) is 1. The van der Waals surface area contributed by atoms with Crippen LogP contribution in [-0.2, 0) is 10.2 Å². The van der Waals surface area contributed by atoms with Crippen LogP contribution < -0.4 is 4.72 Å². The molecule has 0 atom stereocenters. The van der Waals surface area contributed by atoms with Crippen molar-refractivity contribution in [2.45, 2.75) is 19.3 Å². The first kappa shape index (κ1) is 9.88. The molecule has 0 aromatic heterocycles. The van der Waals surface area contributed by atoms with Crippen molar-refractivity contribution in [3.8, 4) is 0 Å². The Hall–Kier alpha value is -0.200. The molecule has 1 saturated heterocycles. The summed E-state index contributed by atoms with van der Waals surface area (Å²) in [6.45, 7) is -0.0104. The third-order valence-electron chi connectivity index (χ3n) is 1.89. The molecule has 12 heavy (non-hydrogen) atoms. The maximum atomic E-state index is 11.7. The van der Waals surface area contributed by atoms with Gasteiger partial charge in [-0.1, -0.05) is 6.42 Å². The lowest BCUT2D eigenvalue weighted by molar-refractivity contribution is 0.335. The van der Waals surface area contributed by atoms with Gasteiger partial charge in [-0.15, -0.1) is 0 Å². The zero-order valence-corrected chi connectivity index (χ0v) is 7.61. The molecule has 0 bridgehead atoms. The summed E-state index contributed by atoms with van der Waals surface area (Å²) in [6.07, 6.45) is 2.79. The molecule has 72 valence electrons. The van der Waals surface area contributed by atoms with Gasteiger partial charge in [0.1, 0.15) is 0 Å². The first-order chi connectivity index (χ1) is 5.67. The van der Waals surface area contributed by atoms with Gasteiger partial charge in [-0.05, 0) is 12.8 Å². The predicted molar refractivity (Wildman–Crippen MR) is 43.5 cm³/mol. The molecular formula is C6H13FN2O2S. The minimum absolute atomic E-state index is 0.509. The molecule has 0 radical (unpaired) electrons. The molecule has 1 N–H and O–H groups in total. The summed E-state index contributed by atoms with van der Waals surface area (Å²) in [5.74, 6) is 0. The van der Waals surface area contributed by atoms with Gasteiger partial charge in [0.2, 0.25) is 0 Å². The van der Waals surface area contributed by atoms with Crippen molar-refractivity contribution < 1.29 is 12.8 Å². The summed E-state index contributed by atoms with van der Waals surface area (Å²) in [4.78, 5) is 0. The molecule has 0 aromatic rings. The van der Waals surface area contributed by atoms with Crippen LogP contribution >= 0.6 is 0 Å². The van der Waals surface area contributed by atoms with Crippen molar-refractivity contribution in [2.24, 2.45) is 0 Å². The Morgan fingerprint density at radius 1 is 1.25 bits per heavy atom. The average Bonchev–Trinajstić information content (AvgIpc) is 2.06. The van der Waals surface area contributed by atoms with Crippen LogP contribution in [0.2, 0.25) is 0 Å². The average molecular weight is 196 g/mol.